The number of hydrogen-bond donors (Lipinski definition) is 1. The highest BCUT2D eigenvalue weighted by Crippen LogP contribution is 2.32. The van der Waals surface area contributed by atoms with Crippen molar-refractivity contribution >= 4 is 11.8 Å². The van der Waals surface area contributed by atoms with Crippen LogP contribution in [0.4, 0.5) is 13.2 Å². The fourth-order valence-corrected chi connectivity index (χ4v) is 3.19. The Morgan fingerprint density at radius 1 is 1.45 bits per heavy atom. The van der Waals surface area contributed by atoms with Crippen molar-refractivity contribution in [2.24, 2.45) is 0 Å². The number of hydrogen-bond acceptors (Lipinski definition) is 3. The Kier molecular flexibility index (Phi) is 5.35. The van der Waals surface area contributed by atoms with Crippen LogP contribution < -0.4 is 5.32 Å². The minimum atomic E-state index is -4.31. The van der Waals surface area contributed by atoms with Crippen LogP contribution in [-0.4, -0.2) is 30.8 Å². The first kappa shape index (κ1) is 15.7. The van der Waals surface area contributed by atoms with Gasteiger partial charge in [-0.1, -0.05) is 19.1 Å². The van der Waals surface area contributed by atoms with Gasteiger partial charge in [-0.05, 0) is 24.2 Å². The first-order valence-corrected chi connectivity index (χ1v) is 7.77. The Hall–Kier alpha value is -0.720. The van der Waals surface area contributed by atoms with E-state index in [0.717, 1.165) is 17.6 Å². The second-order valence-electron chi connectivity index (χ2n) is 4.64. The van der Waals surface area contributed by atoms with Gasteiger partial charge in [0.05, 0.1) is 24.3 Å². The minimum absolute atomic E-state index is 0.0859. The number of halogens is 3. The third kappa shape index (κ3) is 3.90. The van der Waals surface area contributed by atoms with Crippen LogP contribution >= 0.6 is 11.8 Å². The molecule has 2 atom stereocenters. The summed E-state index contributed by atoms with van der Waals surface area (Å²) in [4.78, 5) is 0. The summed E-state index contributed by atoms with van der Waals surface area (Å²) in [6.45, 7) is 3.28. The van der Waals surface area contributed by atoms with Gasteiger partial charge in [-0.15, -0.1) is 0 Å². The molecule has 0 bridgehead atoms. The van der Waals surface area contributed by atoms with Gasteiger partial charge in [0.25, 0.3) is 0 Å². The lowest BCUT2D eigenvalue weighted by Crippen LogP contribution is -2.38. The molecule has 0 radical (unpaired) electrons. The van der Waals surface area contributed by atoms with Gasteiger partial charge in [0.1, 0.15) is 0 Å². The van der Waals surface area contributed by atoms with Crippen LogP contribution in [0, 0.1) is 0 Å². The number of nitrogens with one attached hydrogen (secondary N) is 1. The normalized spacial score (nSPS) is 21.7. The fraction of sp³-hybridized carbons (Fsp3) is 0.571. The molecule has 0 spiro atoms. The monoisotopic (exact) mass is 305 g/mol. The molecule has 1 aliphatic rings. The van der Waals surface area contributed by atoms with E-state index in [1.54, 1.807) is 17.8 Å². The van der Waals surface area contributed by atoms with E-state index in [9.17, 15) is 13.2 Å². The first-order valence-electron chi connectivity index (χ1n) is 6.62. The van der Waals surface area contributed by atoms with Crippen LogP contribution in [0.1, 0.15) is 24.1 Å². The molecule has 1 aliphatic heterocycles. The summed E-state index contributed by atoms with van der Waals surface area (Å²) in [6.07, 6.45) is -4.40. The van der Waals surface area contributed by atoms with Crippen molar-refractivity contribution in [3.05, 3.63) is 35.4 Å². The fourth-order valence-electron chi connectivity index (χ4n) is 2.29. The van der Waals surface area contributed by atoms with E-state index in [2.05, 4.69) is 5.32 Å². The highest BCUT2D eigenvalue weighted by molar-refractivity contribution is 7.99. The van der Waals surface area contributed by atoms with Crippen LogP contribution in [0.3, 0.4) is 0 Å². The molecular weight excluding hydrogens is 287 g/mol. The zero-order valence-corrected chi connectivity index (χ0v) is 12.1. The largest absolute Gasteiger partial charge is 0.416 e. The van der Waals surface area contributed by atoms with Crippen molar-refractivity contribution in [1.82, 2.24) is 5.32 Å². The quantitative estimate of drug-likeness (QED) is 0.920. The number of likely N-dealkylation sites (N-methyl/N-ethyl adjacent to an activating group) is 1. The van der Waals surface area contributed by atoms with Gasteiger partial charge in [0.15, 0.2) is 0 Å². The Bertz CT molecular complexity index is 433. The Morgan fingerprint density at radius 3 is 2.85 bits per heavy atom. The summed E-state index contributed by atoms with van der Waals surface area (Å²) in [6, 6.07) is 5.30. The summed E-state index contributed by atoms with van der Waals surface area (Å²) in [5, 5.41) is 3.24. The molecule has 1 N–H and O–H groups in total. The van der Waals surface area contributed by atoms with E-state index < -0.39 is 11.7 Å². The van der Waals surface area contributed by atoms with Crippen LogP contribution in [0.5, 0.6) is 0 Å². The number of alkyl halides is 3. The van der Waals surface area contributed by atoms with E-state index in [0.29, 0.717) is 18.7 Å². The molecule has 1 aromatic rings. The lowest BCUT2D eigenvalue weighted by molar-refractivity contribution is -0.137. The molecule has 20 heavy (non-hydrogen) atoms. The summed E-state index contributed by atoms with van der Waals surface area (Å²) in [5.41, 5.74) is 0.0236. The zero-order chi connectivity index (χ0) is 14.6. The molecule has 1 saturated heterocycles. The number of ether oxygens (including phenoxy) is 1. The van der Waals surface area contributed by atoms with Crippen molar-refractivity contribution in [3.8, 4) is 0 Å². The maximum atomic E-state index is 12.8. The van der Waals surface area contributed by atoms with E-state index in [1.807, 2.05) is 6.92 Å². The molecule has 0 saturated carbocycles. The Labute approximate surface area is 121 Å². The topological polar surface area (TPSA) is 21.3 Å². The van der Waals surface area contributed by atoms with Crippen molar-refractivity contribution in [1.29, 1.82) is 0 Å². The smallest absolute Gasteiger partial charge is 0.375 e. The second kappa shape index (κ2) is 6.83. The molecular formula is C14H18F3NOS. The lowest BCUT2D eigenvalue weighted by Gasteiger charge is -2.31. The minimum Gasteiger partial charge on any atom is -0.375 e. The van der Waals surface area contributed by atoms with E-state index in [4.69, 9.17) is 4.74 Å². The highest BCUT2D eigenvalue weighted by atomic mass is 32.2. The second-order valence-corrected chi connectivity index (χ2v) is 5.79. The average Bonchev–Trinajstić information content (AvgIpc) is 2.45. The van der Waals surface area contributed by atoms with Crippen LogP contribution in [0.15, 0.2) is 24.3 Å². The molecule has 112 valence electrons. The summed E-state index contributed by atoms with van der Waals surface area (Å²) >= 11 is 1.77. The zero-order valence-electron chi connectivity index (χ0n) is 11.2. The van der Waals surface area contributed by atoms with Crippen LogP contribution in [0.25, 0.3) is 0 Å². The Morgan fingerprint density at radius 2 is 2.25 bits per heavy atom. The van der Waals surface area contributed by atoms with Crippen molar-refractivity contribution in [3.63, 3.8) is 0 Å². The predicted molar refractivity (Wildman–Crippen MR) is 74.9 cm³/mol. The maximum absolute atomic E-state index is 12.8. The van der Waals surface area contributed by atoms with Gasteiger partial charge in [-0.3, -0.25) is 0 Å². The third-order valence-electron chi connectivity index (χ3n) is 3.21. The Balaban J connectivity index is 2.24. The summed E-state index contributed by atoms with van der Waals surface area (Å²) < 4.78 is 44.1. The first-order chi connectivity index (χ1) is 9.52. The van der Waals surface area contributed by atoms with Crippen LogP contribution in [-0.2, 0) is 10.9 Å². The molecule has 2 unspecified atom stereocenters. The van der Waals surface area contributed by atoms with Crippen molar-refractivity contribution < 1.29 is 17.9 Å². The van der Waals surface area contributed by atoms with Crippen molar-refractivity contribution in [2.45, 2.75) is 25.2 Å². The molecule has 1 heterocycles. The van der Waals surface area contributed by atoms with E-state index in [1.165, 1.54) is 12.1 Å². The molecule has 2 rings (SSSR count). The predicted octanol–water partition coefficient (Wildman–Crippen LogP) is 3.49. The van der Waals surface area contributed by atoms with Gasteiger partial charge in [0.2, 0.25) is 0 Å². The maximum Gasteiger partial charge on any atom is 0.416 e. The number of thioether (sulfide) groups is 1. The van der Waals surface area contributed by atoms with Gasteiger partial charge in [-0.25, -0.2) is 0 Å². The third-order valence-corrected chi connectivity index (χ3v) is 4.23. The highest BCUT2D eigenvalue weighted by Gasteiger charge is 2.32. The van der Waals surface area contributed by atoms with E-state index in [-0.39, 0.29) is 12.1 Å². The molecule has 2 nitrogen and oxygen atoms in total. The molecule has 0 aromatic heterocycles. The molecule has 6 heteroatoms. The van der Waals surface area contributed by atoms with Gasteiger partial charge < -0.3 is 10.1 Å². The molecule has 0 amide bonds. The standard InChI is InChI=1S/C14H18F3NOS/c1-2-18-13(12-9-20-7-6-19-12)10-4-3-5-11(8-10)14(15,16)17/h3-5,8,12-13,18H,2,6-7,9H2,1H3. The summed E-state index contributed by atoms with van der Waals surface area (Å²) in [7, 11) is 0. The summed E-state index contributed by atoms with van der Waals surface area (Å²) in [5.74, 6) is 1.74. The van der Waals surface area contributed by atoms with E-state index >= 15 is 0 Å². The molecule has 1 aromatic carbocycles. The molecule has 0 aliphatic carbocycles. The van der Waals surface area contributed by atoms with Crippen molar-refractivity contribution in [2.75, 3.05) is 24.7 Å². The number of rotatable bonds is 4. The SMILES string of the molecule is CCNC(c1cccc(C(F)(F)F)c1)C1CSCCO1. The van der Waals surface area contributed by atoms with Gasteiger partial charge in [-0.2, -0.15) is 24.9 Å². The average molecular weight is 305 g/mol. The number of benzene rings is 1. The molecule has 1 fully saturated rings. The van der Waals surface area contributed by atoms with Crippen LogP contribution in [0.2, 0.25) is 0 Å². The van der Waals surface area contributed by atoms with Gasteiger partial charge >= 0.3 is 6.18 Å². The van der Waals surface area contributed by atoms with Gasteiger partial charge in [0, 0.05) is 11.5 Å². The lowest BCUT2D eigenvalue weighted by atomic mass is 9.99.